The number of nitrogens with zero attached hydrogens (tertiary/aromatic N) is 3. The zero-order valence-electron chi connectivity index (χ0n) is 14.8. The number of methoxy groups -OCH3 is 1. The Morgan fingerprint density at radius 3 is 2.58 bits per heavy atom. The van der Waals surface area contributed by atoms with Crippen molar-refractivity contribution >= 4 is 12.0 Å². The number of carbonyl (C=O) groups is 1. The molecule has 1 saturated heterocycles. The third-order valence-electron chi connectivity index (χ3n) is 4.43. The summed E-state index contributed by atoms with van der Waals surface area (Å²) in [6, 6.07) is 8.65. The van der Waals surface area contributed by atoms with Gasteiger partial charge in [0.2, 0.25) is 5.91 Å². The second-order valence-electron chi connectivity index (χ2n) is 6.18. The third-order valence-corrected chi connectivity index (χ3v) is 4.43. The number of rotatable bonds is 5. The Morgan fingerprint density at radius 1 is 1.19 bits per heavy atom. The molecule has 0 radical (unpaired) electrons. The zero-order chi connectivity index (χ0) is 18.4. The maximum absolute atomic E-state index is 13.7. The summed E-state index contributed by atoms with van der Waals surface area (Å²) in [5.41, 5.74) is 1.86. The Kier molecular flexibility index (Phi) is 5.96. The van der Waals surface area contributed by atoms with E-state index in [9.17, 15) is 9.18 Å². The van der Waals surface area contributed by atoms with E-state index < -0.39 is 5.82 Å². The summed E-state index contributed by atoms with van der Waals surface area (Å²) in [4.78, 5) is 20.5. The van der Waals surface area contributed by atoms with E-state index in [1.807, 2.05) is 17.0 Å². The van der Waals surface area contributed by atoms with Gasteiger partial charge in [-0.25, -0.2) is 4.39 Å². The molecule has 0 saturated carbocycles. The summed E-state index contributed by atoms with van der Waals surface area (Å²) >= 11 is 0. The molecular formula is C20H22FN3O2. The molecule has 1 aromatic carbocycles. The van der Waals surface area contributed by atoms with Crippen LogP contribution in [0.1, 0.15) is 11.1 Å². The van der Waals surface area contributed by atoms with Crippen molar-refractivity contribution in [3.8, 4) is 5.75 Å². The van der Waals surface area contributed by atoms with E-state index in [0.29, 0.717) is 18.7 Å². The molecule has 26 heavy (non-hydrogen) atoms. The van der Waals surface area contributed by atoms with Crippen LogP contribution in [0.4, 0.5) is 4.39 Å². The van der Waals surface area contributed by atoms with Gasteiger partial charge in [0.05, 0.1) is 7.11 Å². The van der Waals surface area contributed by atoms with E-state index in [1.165, 1.54) is 24.8 Å². The monoisotopic (exact) mass is 355 g/mol. The van der Waals surface area contributed by atoms with Crippen molar-refractivity contribution in [3.05, 3.63) is 65.7 Å². The highest BCUT2D eigenvalue weighted by Crippen LogP contribution is 2.18. The number of ether oxygens (including phenoxy) is 1. The van der Waals surface area contributed by atoms with Gasteiger partial charge in [0, 0.05) is 51.2 Å². The predicted octanol–water partition coefficient (Wildman–Crippen LogP) is 2.59. The molecule has 1 aromatic heterocycles. The van der Waals surface area contributed by atoms with Crippen molar-refractivity contribution in [2.24, 2.45) is 0 Å². The minimum absolute atomic E-state index is 0.0511. The van der Waals surface area contributed by atoms with Crippen LogP contribution < -0.4 is 4.74 Å². The molecule has 0 bridgehead atoms. The van der Waals surface area contributed by atoms with Gasteiger partial charge in [0.15, 0.2) is 11.6 Å². The smallest absolute Gasteiger partial charge is 0.246 e. The zero-order valence-corrected chi connectivity index (χ0v) is 14.8. The molecule has 1 fully saturated rings. The first-order chi connectivity index (χ1) is 12.7. The van der Waals surface area contributed by atoms with Crippen molar-refractivity contribution in [1.29, 1.82) is 0 Å². The van der Waals surface area contributed by atoms with Gasteiger partial charge >= 0.3 is 0 Å². The fourth-order valence-electron chi connectivity index (χ4n) is 2.93. The highest BCUT2D eigenvalue weighted by molar-refractivity contribution is 5.91. The average Bonchev–Trinajstić information content (AvgIpc) is 2.67. The molecule has 6 heteroatoms. The summed E-state index contributed by atoms with van der Waals surface area (Å²) in [5.74, 6) is -0.296. The highest BCUT2D eigenvalue weighted by atomic mass is 19.1. The maximum Gasteiger partial charge on any atom is 0.246 e. The maximum atomic E-state index is 13.7. The fraction of sp³-hybridized carbons (Fsp3) is 0.300. The van der Waals surface area contributed by atoms with Crippen LogP contribution in [-0.2, 0) is 11.3 Å². The molecule has 0 spiro atoms. The van der Waals surface area contributed by atoms with Crippen molar-refractivity contribution in [2.75, 3.05) is 33.3 Å². The number of amides is 1. The summed E-state index contributed by atoms with van der Waals surface area (Å²) in [7, 11) is 1.42. The lowest BCUT2D eigenvalue weighted by Crippen LogP contribution is -2.47. The first kappa shape index (κ1) is 18.1. The SMILES string of the molecule is COc1ccc(/C=C/C(=O)N2CCN(Cc3ccncc3)CC2)cc1F. The molecule has 3 rings (SSSR count). The highest BCUT2D eigenvalue weighted by Gasteiger charge is 2.19. The van der Waals surface area contributed by atoms with Gasteiger partial charge < -0.3 is 9.64 Å². The molecule has 1 aliphatic heterocycles. The van der Waals surface area contributed by atoms with Crippen molar-refractivity contribution in [2.45, 2.75) is 6.54 Å². The Labute approximate surface area is 152 Å². The normalized spacial score (nSPS) is 15.4. The predicted molar refractivity (Wildman–Crippen MR) is 98.1 cm³/mol. The van der Waals surface area contributed by atoms with E-state index in [4.69, 9.17) is 4.74 Å². The molecule has 2 aromatic rings. The lowest BCUT2D eigenvalue weighted by molar-refractivity contribution is -0.127. The first-order valence-electron chi connectivity index (χ1n) is 8.57. The van der Waals surface area contributed by atoms with Gasteiger partial charge in [-0.1, -0.05) is 6.07 Å². The lowest BCUT2D eigenvalue weighted by Gasteiger charge is -2.34. The van der Waals surface area contributed by atoms with Crippen LogP contribution in [0.3, 0.4) is 0 Å². The van der Waals surface area contributed by atoms with Crippen LogP contribution in [0.25, 0.3) is 6.08 Å². The lowest BCUT2D eigenvalue weighted by atomic mass is 10.2. The molecule has 0 atom stereocenters. The molecule has 136 valence electrons. The molecule has 0 aliphatic carbocycles. The van der Waals surface area contributed by atoms with Crippen LogP contribution in [-0.4, -0.2) is 54.0 Å². The Morgan fingerprint density at radius 2 is 1.92 bits per heavy atom. The molecule has 0 N–H and O–H groups in total. The first-order valence-corrected chi connectivity index (χ1v) is 8.57. The van der Waals surface area contributed by atoms with Gasteiger partial charge in [-0.2, -0.15) is 0 Å². The molecule has 5 nitrogen and oxygen atoms in total. The van der Waals surface area contributed by atoms with E-state index in [0.717, 1.165) is 19.6 Å². The van der Waals surface area contributed by atoms with Gasteiger partial charge in [0.1, 0.15) is 0 Å². The number of piperazine rings is 1. The van der Waals surface area contributed by atoms with Gasteiger partial charge in [0.25, 0.3) is 0 Å². The molecule has 1 aliphatic rings. The molecule has 0 unspecified atom stereocenters. The number of aromatic nitrogens is 1. The van der Waals surface area contributed by atoms with Gasteiger partial charge in [-0.3, -0.25) is 14.7 Å². The van der Waals surface area contributed by atoms with Crippen LogP contribution in [0.5, 0.6) is 5.75 Å². The Balaban J connectivity index is 1.51. The fourth-order valence-corrected chi connectivity index (χ4v) is 2.93. The summed E-state index contributed by atoms with van der Waals surface area (Å²) in [5, 5.41) is 0. The number of benzene rings is 1. The number of pyridine rings is 1. The van der Waals surface area contributed by atoms with Gasteiger partial charge in [-0.15, -0.1) is 0 Å². The summed E-state index contributed by atoms with van der Waals surface area (Å²) in [6.07, 6.45) is 6.72. The summed E-state index contributed by atoms with van der Waals surface area (Å²) < 4.78 is 18.6. The van der Waals surface area contributed by atoms with E-state index in [-0.39, 0.29) is 11.7 Å². The Bertz CT molecular complexity index is 772. The Hall–Kier alpha value is -2.73. The minimum atomic E-state index is -0.438. The number of hydrogen-bond acceptors (Lipinski definition) is 4. The van der Waals surface area contributed by atoms with Crippen molar-refractivity contribution in [1.82, 2.24) is 14.8 Å². The van der Waals surface area contributed by atoms with E-state index in [2.05, 4.69) is 9.88 Å². The molecular weight excluding hydrogens is 333 g/mol. The van der Waals surface area contributed by atoms with E-state index >= 15 is 0 Å². The second-order valence-corrected chi connectivity index (χ2v) is 6.18. The van der Waals surface area contributed by atoms with Crippen molar-refractivity contribution < 1.29 is 13.9 Å². The number of carbonyl (C=O) groups excluding carboxylic acids is 1. The van der Waals surface area contributed by atoms with Gasteiger partial charge in [-0.05, 0) is 41.5 Å². The average molecular weight is 355 g/mol. The molecule has 2 heterocycles. The quantitative estimate of drug-likeness (QED) is 0.774. The van der Waals surface area contributed by atoms with E-state index in [1.54, 1.807) is 30.6 Å². The van der Waals surface area contributed by atoms with Crippen LogP contribution in [0.15, 0.2) is 48.8 Å². The third kappa shape index (κ3) is 4.67. The number of halogens is 1. The molecule has 1 amide bonds. The van der Waals surface area contributed by atoms with Crippen LogP contribution in [0.2, 0.25) is 0 Å². The topological polar surface area (TPSA) is 45.7 Å². The van der Waals surface area contributed by atoms with Crippen LogP contribution in [0, 0.1) is 5.82 Å². The standard InChI is InChI=1S/C20H22FN3O2/c1-26-19-4-2-16(14-18(19)21)3-5-20(25)24-12-10-23(11-13-24)15-17-6-8-22-9-7-17/h2-9,14H,10-13,15H2,1H3/b5-3+. The van der Waals surface area contributed by atoms with Crippen molar-refractivity contribution in [3.63, 3.8) is 0 Å². The minimum Gasteiger partial charge on any atom is -0.494 e. The van der Waals surface area contributed by atoms with Crippen LogP contribution >= 0.6 is 0 Å². The second kappa shape index (κ2) is 8.58. The summed E-state index contributed by atoms with van der Waals surface area (Å²) in [6.45, 7) is 3.90. The largest absolute Gasteiger partial charge is 0.494 e. The number of hydrogen-bond donors (Lipinski definition) is 0.